The highest BCUT2D eigenvalue weighted by atomic mass is 35.5. The number of likely N-dealkylation sites (N-methyl/N-ethyl adjacent to an activating group) is 4. The Bertz CT molecular complexity index is 4780. The lowest BCUT2D eigenvalue weighted by molar-refractivity contribution is 0.309. The molecule has 0 saturated heterocycles. The highest BCUT2D eigenvalue weighted by Crippen LogP contribution is 2.42. The molecule has 0 amide bonds. The number of hydrogen-bond donors (Lipinski definition) is 1. The predicted octanol–water partition coefficient (Wildman–Crippen LogP) is 18.7. The molecule has 0 spiro atoms. The number of pyridine rings is 3. The summed E-state index contributed by atoms with van der Waals surface area (Å²) in [6.45, 7) is 20.0. The Labute approximate surface area is 606 Å². The Morgan fingerprint density at radius 3 is 1.37 bits per heavy atom. The molecule has 11 heterocycles. The van der Waals surface area contributed by atoms with E-state index in [4.69, 9.17) is 69.6 Å². The first-order valence-electron chi connectivity index (χ1n) is 34.2. The van der Waals surface area contributed by atoms with E-state index in [9.17, 15) is 0 Å². The Balaban J connectivity index is 0.000000118. The number of hydrogen-bond acceptors (Lipinski definition) is 8. The molecule has 18 heteroatoms. The van der Waals surface area contributed by atoms with Crippen molar-refractivity contribution in [1.29, 1.82) is 0 Å². The first kappa shape index (κ1) is 69.6. The van der Waals surface area contributed by atoms with E-state index in [0.717, 1.165) is 167 Å². The van der Waals surface area contributed by atoms with Crippen molar-refractivity contribution in [3.63, 3.8) is 0 Å². The molecule has 0 radical (unpaired) electrons. The maximum absolute atomic E-state index is 6.59. The molecular formula is C80H86Cl6N12. The van der Waals surface area contributed by atoms with Crippen molar-refractivity contribution in [3.8, 4) is 0 Å². The Hall–Kier alpha value is -6.91. The van der Waals surface area contributed by atoms with Crippen LogP contribution in [0.5, 0.6) is 0 Å². The van der Waals surface area contributed by atoms with Gasteiger partial charge in [-0.1, -0.05) is 118 Å². The van der Waals surface area contributed by atoms with Gasteiger partial charge in [-0.2, -0.15) is 0 Å². The Kier molecular flexibility index (Phi) is 21.7. The minimum absolute atomic E-state index is 0.621. The number of aryl methyl sites for hydroxylation is 10. The molecule has 12 aromatic rings. The number of rotatable bonds is 12. The van der Waals surface area contributed by atoms with Crippen molar-refractivity contribution in [3.05, 3.63) is 254 Å². The number of nitrogens with one attached hydrogen (secondary N) is 1. The van der Waals surface area contributed by atoms with Crippen LogP contribution in [0, 0.1) is 27.7 Å². The van der Waals surface area contributed by atoms with Gasteiger partial charge in [0.25, 0.3) is 0 Å². The first-order chi connectivity index (χ1) is 47.3. The van der Waals surface area contributed by atoms with E-state index in [1.165, 1.54) is 100 Å². The van der Waals surface area contributed by atoms with Gasteiger partial charge < -0.3 is 43.2 Å². The van der Waals surface area contributed by atoms with E-state index in [-0.39, 0.29) is 0 Å². The lowest BCUT2D eigenvalue weighted by Gasteiger charge is -2.24. The van der Waals surface area contributed by atoms with Gasteiger partial charge in [-0.05, 0) is 193 Å². The monoisotopic (exact) mass is 1420 g/mol. The van der Waals surface area contributed by atoms with Crippen molar-refractivity contribution >= 4 is 119 Å². The maximum Gasteiger partial charge on any atom is 0.0922 e. The molecule has 98 heavy (non-hydrogen) atoms. The minimum atomic E-state index is 0.621. The van der Waals surface area contributed by atoms with Crippen LogP contribution in [-0.4, -0.2) is 107 Å². The van der Waals surface area contributed by atoms with E-state index in [0.29, 0.717) is 20.1 Å². The van der Waals surface area contributed by atoms with Gasteiger partial charge in [0, 0.05) is 183 Å². The maximum atomic E-state index is 6.59. The zero-order valence-corrected chi connectivity index (χ0v) is 61.9. The molecule has 0 aliphatic carbocycles. The molecule has 508 valence electrons. The Morgan fingerprint density at radius 2 is 0.827 bits per heavy atom. The number of nitrogens with zero attached hydrogens (tertiary/aromatic N) is 11. The largest absolute Gasteiger partial charge is 0.367 e. The molecule has 5 aromatic carbocycles. The summed E-state index contributed by atoms with van der Waals surface area (Å²) in [6, 6.07) is 41.9. The Morgan fingerprint density at radius 1 is 0.388 bits per heavy atom. The van der Waals surface area contributed by atoms with Crippen LogP contribution in [0.3, 0.4) is 0 Å². The summed E-state index contributed by atoms with van der Waals surface area (Å²) < 4.78 is 9.70. The van der Waals surface area contributed by atoms with Gasteiger partial charge >= 0.3 is 0 Å². The van der Waals surface area contributed by atoms with Gasteiger partial charge in [-0.15, -0.1) is 0 Å². The fourth-order valence-corrected chi connectivity index (χ4v) is 16.1. The standard InChI is InChI=1S/3C20H21Cl2N3.C20H23N3/c1-13-3-4-14(11-23-13)5-8-25-19-6-7-24(2)12-16(19)15-9-17(21)18(22)10-20(15)25;1-13-3-4-14(11-23-13)7-10-25-17-8-9-24(2)12-15(17)19-18(25)6-5-16(21)20(19)22;1-13-3-4-14(11-23-13)7-10-25-18-8-9-24(2)12-15(18)19-16(21)5-6-17(22)20(19)25;1-15-8-9-19-17(12-15)18-13-22(2)11-10-20(18)23(19)14-21-16-6-4-3-5-7-16/h3-4,9-11H,5-8,12H2,1-2H3;2*3-6,11H,7-10,12H2,1-2H3;3-9,12,21H,10-11,13-14H2,1-2H3. The van der Waals surface area contributed by atoms with Gasteiger partial charge in [0.1, 0.15) is 0 Å². The van der Waals surface area contributed by atoms with Crippen LogP contribution in [0.25, 0.3) is 43.6 Å². The van der Waals surface area contributed by atoms with Gasteiger partial charge in [-0.3, -0.25) is 15.0 Å². The molecule has 4 aliphatic heterocycles. The van der Waals surface area contributed by atoms with Crippen LogP contribution in [-0.2, 0) is 97.4 Å². The smallest absolute Gasteiger partial charge is 0.0922 e. The van der Waals surface area contributed by atoms with E-state index >= 15 is 0 Å². The van der Waals surface area contributed by atoms with E-state index in [1.807, 2.05) is 69.7 Å². The summed E-state index contributed by atoms with van der Waals surface area (Å²) in [4.78, 5) is 22.7. The van der Waals surface area contributed by atoms with Crippen molar-refractivity contribution in [2.24, 2.45) is 0 Å². The fraction of sp³-hybridized carbons (Fsp3) is 0.338. The third kappa shape index (κ3) is 15.1. The van der Waals surface area contributed by atoms with Gasteiger partial charge in [-0.25, -0.2) is 0 Å². The molecule has 12 nitrogen and oxygen atoms in total. The van der Waals surface area contributed by atoms with Crippen LogP contribution >= 0.6 is 69.6 Å². The number of para-hydroxylation sites is 1. The van der Waals surface area contributed by atoms with Crippen molar-refractivity contribution < 1.29 is 0 Å². The summed E-state index contributed by atoms with van der Waals surface area (Å²) in [7, 11) is 8.69. The minimum Gasteiger partial charge on any atom is -0.367 e. The third-order valence-corrected chi connectivity index (χ3v) is 22.2. The second kappa shape index (κ2) is 30.5. The predicted molar refractivity (Wildman–Crippen MR) is 411 cm³/mol. The van der Waals surface area contributed by atoms with Crippen LogP contribution in [0.2, 0.25) is 30.1 Å². The fourth-order valence-electron chi connectivity index (χ4n) is 14.8. The average molecular weight is 1430 g/mol. The number of anilines is 1. The summed E-state index contributed by atoms with van der Waals surface area (Å²) in [5, 5.41) is 12.6. The molecule has 0 saturated carbocycles. The van der Waals surface area contributed by atoms with Crippen LogP contribution in [0.1, 0.15) is 84.4 Å². The lowest BCUT2D eigenvalue weighted by Crippen LogP contribution is -2.27. The van der Waals surface area contributed by atoms with E-state index in [2.05, 4.69) is 184 Å². The highest BCUT2D eigenvalue weighted by Gasteiger charge is 2.29. The van der Waals surface area contributed by atoms with Crippen LogP contribution < -0.4 is 5.32 Å². The molecule has 0 unspecified atom stereocenters. The van der Waals surface area contributed by atoms with Crippen LogP contribution in [0.15, 0.2) is 140 Å². The number of fused-ring (bicyclic) bond motifs is 12. The molecular weight excluding hydrogens is 1340 g/mol. The molecule has 4 aliphatic rings. The molecule has 0 bridgehead atoms. The average Bonchev–Trinajstić information content (AvgIpc) is 1.71. The summed E-state index contributed by atoms with van der Waals surface area (Å²) >= 11 is 38.7. The van der Waals surface area contributed by atoms with Crippen molar-refractivity contribution in [2.45, 2.75) is 125 Å². The van der Waals surface area contributed by atoms with Gasteiger partial charge in [0.2, 0.25) is 0 Å². The number of halogens is 6. The zero-order valence-electron chi connectivity index (χ0n) is 57.4. The second-order valence-corrected chi connectivity index (χ2v) is 29.6. The zero-order chi connectivity index (χ0) is 68.5. The number of aromatic nitrogens is 7. The van der Waals surface area contributed by atoms with E-state index in [1.54, 1.807) is 0 Å². The third-order valence-electron chi connectivity index (χ3n) is 20.1. The molecule has 0 atom stereocenters. The summed E-state index contributed by atoms with van der Waals surface area (Å²) in [5.41, 5.74) is 25.5. The van der Waals surface area contributed by atoms with Crippen LogP contribution in [0.4, 0.5) is 5.69 Å². The molecule has 7 aromatic heterocycles. The molecule has 0 fully saturated rings. The summed E-state index contributed by atoms with van der Waals surface area (Å²) in [5.74, 6) is 0. The van der Waals surface area contributed by atoms with Crippen molar-refractivity contribution in [1.82, 2.24) is 52.8 Å². The second-order valence-electron chi connectivity index (χ2n) is 27.2. The highest BCUT2D eigenvalue weighted by molar-refractivity contribution is 6.45. The SMILES string of the molecule is Cc1ccc(CCn2c3c(c4c(Cl)c(Cl)ccc42)CN(C)CC3)cn1.Cc1ccc(CCn2c3c(c4c(Cl)ccc(Cl)c42)CN(C)CC3)cn1.Cc1ccc(CCn2c3c(c4cc(Cl)c(Cl)cc42)CN(C)CC3)cn1.Cc1ccc2c(c1)c1c(n2CNc2ccccc2)CCN(C)C1. The van der Waals surface area contributed by atoms with Gasteiger partial charge in [0.05, 0.1) is 58.9 Å². The molecule has 16 rings (SSSR count). The van der Waals surface area contributed by atoms with E-state index < -0.39 is 0 Å². The first-order valence-corrected chi connectivity index (χ1v) is 36.4. The number of benzene rings is 5. The van der Waals surface area contributed by atoms with Crippen molar-refractivity contribution in [2.75, 3.05) is 59.7 Å². The normalized spacial score (nSPS) is 14.9. The quantitative estimate of drug-likeness (QED) is 0.130. The molecule has 1 N–H and O–H groups in total. The lowest BCUT2D eigenvalue weighted by atomic mass is 10.0. The topological polar surface area (TPSA) is 83.4 Å². The summed E-state index contributed by atoms with van der Waals surface area (Å²) in [6.07, 6.45) is 13.0. The van der Waals surface area contributed by atoms with Gasteiger partial charge in [0.15, 0.2) is 0 Å².